The van der Waals surface area contributed by atoms with Gasteiger partial charge in [-0.1, -0.05) is 6.92 Å². The van der Waals surface area contributed by atoms with Gasteiger partial charge in [-0.05, 0) is 26.2 Å². The second kappa shape index (κ2) is 6.17. The maximum Gasteiger partial charge on any atom is 0.377 e. The molecule has 0 amide bonds. The summed E-state index contributed by atoms with van der Waals surface area (Å²) in [6.45, 7) is 2.23. The third-order valence-corrected chi connectivity index (χ3v) is 5.93. The van der Waals surface area contributed by atoms with E-state index in [1.807, 2.05) is 0 Å². The topological polar surface area (TPSA) is 127 Å². The number of carbonyl (C=O) groups is 4. The fourth-order valence-electron chi connectivity index (χ4n) is 4.63. The lowest BCUT2D eigenvalue weighted by Gasteiger charge is -2.50. The zero-order valence-electron chi connectivity index (χ0n) is 14.1. The Morgan fingerprint density at radius 2 is 2.04 bits per heavy atom. The Morgan fingerprint density at radius 1 is 1.36 bits per heavy atom. The summed E-state index contributed by atoms with van der Waals surface area (Å²) in [4.78, 5) is 48.2. The van der Waals surface area contributed by atoms with Crippen molar-refractivity contribution in [3.63, 3.8) is 0 Å². The van der Waals surface area contributed by atoms with E-state index >= 15 is 0 Å². The van der Waals surface area contributed by atoms with Gasteiger partial charge in [0.05, 0.1) is 23.9 Å². The van der Waals surface area contributed by atoms with Gasteiger partial charge in [0.15, 0.2) is 0 Å². The minimum Gasteiger partial charge on any atom is -0.461 e. The number of fused-ring (bicyclic) bond motifs is 2. The molecule has 3 rings (SSSR count). The number of hydrogen-bond donors (Lipinski definition) is 2. The van der Waals surface area contributed by atoms with Crippen molar-refractivity contribution >= 4 is 23.5 Å². The molecule has 8 nitrogen and oxygen atoms in total. The largest absolute Gasteiger partial charge is 0.461 e. The Balaban J connectivity index is 1.92. The highest BCUT2D eigenvalue weighted by molar-refractivity contribution is 6.34. The Kier molecular flexibility index (Phi) is 4.45. The number of esters is 2. The molecule has 7 atom stereocenters. The Morgan fingerprint density at radius 3 is 2.68 bits per heavy atom. The molecule has 2 aliphatic carbocycles. The lowest BCUT2D eigenvalue weighted by molar-refractivity contribution is -0.192. The number of carbonyl (C=O) groups excluding carboxylic acids is 4. The first-order valence-electron chi connectivity index (χ1n) is 8.49. The molecule has 2 N–H and O–H groups in total. The molecular weight excluding hydrogens is 332 g/mol. The highest BCUT2D eigenvalue weighted by atomic mass is 16.6. The molecule has 0 aromatic carbocycles. The summed E-state index contributed by atoms with van der Waals surface area (Å²) in [7, 11) is 0. The van der Waals surface area contributed by atoms with Crippen LogP contribution in [-0.4, -0.2) is 58.1 Å². The molecule has 0 radical (unpaired) electrons. The third kappa shape index (κ3) is 2.77. The second-order valence-electron chi connectivity index (χ2n) is 7.46. The number of hydrogen-bond acceptors (Lipinski definition) is 8. The number of ether oxygens (including phenoxy) is 2. The molecule has 8 heteroatoms. The highest BCUT2D eigenvalue weighted by Crippen LogP contribution is 2.51. The van der Waals surface area contributed by atoms with E-state index in [1.54, 1.807) is 13.8 Å². The van der Waals surface area contributed by atoms with Gasteiger partial charge in [0.2, 0.25) is 0 Å². The molecule has 0 aromatic rings. The molecular formula is C17H22O8. The van der Waals surface area contributed by atoms with Crippen LogP contribution in [0, 0.1) is 23.7 Å². The van der Waals surface area contributed by atoms with Crippen LogP contribution in [0.5, 0.6) is 0 Å². The summed E-state index contributed by atoms with van der Waals surface area (Å²) in [6.07, 6.45) is -0.509. The number of Topliss-reactive ketones (excluding diaryl/α,β-unsaturated/α-hetero) is 2. The minimum atomic E-state index is -1.26. The quantitative estimate of drug-likeness (QED) is 0.507. The van der Waals surface area contributed by atoms with Crippen molar-refractivity contribution in [3.05, 3.63) is 0 Å². The number of aliphatic hydroxyl groups excluding tert-OH is 2. The molecule has 3 fully saturated rings. The Hall–Kier alpha value is -1.80. The summed E-state index contributed by atoms with van der Waals surface area (Å²) in [5, 5.41) is 19.2. The smallest absolute Gasteiger partial charge is 0.377 e. The van der Waals surface area contributed by atoms with Crippen molar-refractivity contribution in [3.8, 4) is 0 Å². The molecule has 3 aliphatic rings. The molecule has 1 heterocycles. The van der Waals surface area contributed by atoms with Gasteiger partial charge in [0.25, 0.3) is 5.78 Å². The van der Waals surface area contributed by atoms with Gasteiger partial charge in [0, 0.05) is 5.92 Å². The maximum atomic E-state index is 13.1. The van der Waals surface area contributed by atoms with Crippen molar-refractivity contribution < 1.29 is 38.9 Å². The molecule has 0 unspecified atom stereocenters. The number of rotatable bonds is 3. The normalized spacial score (nSPS) is 43.0. The Bertz CT molecular complexity index is 628. The molecule has 1 aliphatic heterocycles. The van der Waals surface area contributed by atoms with Gasteiger partial charge in [-0.2, -0.15) is 0 Å². The minimum absolute atomic E-state index is 0.214. The standard InChI is InChI=1S/C17H22O8/c1-7-12-11(24-15(7)22)5-8-9(19)3-4-17(2,13(8)14(12)21)25-16(23)10(20)6-18/h7-9,11-13,18-19H,3-6H2,1-2H3/t7-,8+,9+,11+,12+,13-,17+/m0/s1. The van der Waals surface area contributed by atoms with Crippen LogP contribution >= 0.6 is 0 Å². The van der Waals surface area contributed by atoms with Gasteiger partial charge >= 0.3 is 11.9 Å². The van der Waals surface area contributed by atoms with Gasteiger partial charge in [0.1, 0.15) is 24.1 Å². The monoisotopic (exact) mass is 354 g/mol. The fourth-order valence-corrected chi connectivity index (χ4v) is 4.63. The fraction of sp³-hybridized carbons (Fsp3) is 0.765. The first kappa shape index (κ1) is 18.0. The van der Waals surface area contributed by atoms with E-state index in [0.29, 0.717) is 12.8 Å². The second-order valence-corrected chi connectivity index (χ2v) is 7.46. The maximum absolute atomic E-state index is 13.1. The van der Waals surface area contributed by atoms with E-state index in [4.69, 9.17) is 14.6 Å². The van der Waals surface area contributed by atoms with E-state index in [-0.39, 0.29) is 12.2 Å². The molecule has 0 spiro atoms. The lowest BCUT2D eigenvalue weighted by Crippen LogP contribution is -2.60. The molecule has 0 aromatic heterocycles. The van der Waals surface area contributed by atoms with E-state index in [0.717, 1.165) is 0 Å². The molecule has 138 valence electrons. The van der Waals surface area contributed by atoms with Crippen LogP contribution in [-0.2, 0) is 28.7 Å². The first-order chi connectivity index (χ1) is 11.7. The van der Waals surface area contributed by atoms with Crippen molar-refractivity contribution in [1.29, 1.82) is 0 Å². The first-order valence-corrected chi connectivity index (χ1v) is 8.49. The van der Waals surface area contributed by atoms with Crippen LogP contribution in [0.15, 0.2) is 0 Å². The van der Waals surface area contributed by atoms with E-state index in [2.05, 4.69) is 0 Å². The zero-order chi connectivity index (χ0) is 18.5. The van der Waals surface area contributed by atoms with Crippen molar-refractivity contribution in [1.82, 2.24) is 0 Å². The van der Waals surface area contributed by atoms with Crippen LogP contribution < -0.4 is 0 Å². The predicted octanol–water partition coefficient (Wildman–Crippen LogP) is -0.613. The van der Waals surface area contributed by atoms with Crippen LogP contribution in [0.4, 0.5) is 0 Å². The summed E-state index contributed by atoms with van der Waals surface area (Å²) < 4.78 is 10.6. The van der Waals surface area contributed by atoms with Crippen LogP contribution in [0.2, 0.25) is 0 Å². The SMILES string of the molecule is C[C@@H]1C(=O)O[C@@H]2C[C@@H]3[C@H](O)CC[C@@](C)(OC(=O)C(=O)CO)[C@@H]3C(=O)[C@H]12. The summed E-state index contributed by atoms with van der Waals surface area (Å²) in [5.41, 5.74) is -1.26. The molecule has 25 heavy (non-hydrogen) atoms. The molecule has 2 saturated carbocycles. The summed E-state index contributed by atoms with van der Waals surface area (Å²) >= 11 is 0. The Labute approximate surface area is 144 Å². The summed E-state index contributed by atoms with van der Waals surface area (Å²) in [6, 6.07) is 0. The van der Waals surface area contributed by atoms with Crippen LogP contribution in [0.1, 0.15) is 33.1 Å². The molecule has 1 saturated heterocycles. The summed E-state index contributed by atoms with van der Waals surface area (Å²) in [5.74, 6) is -5.54. The van der Waals surface area contributed by atoms with Gasteiger partial charge in [-0.3, -0.25) is 14.4 Å². The van der Waals surface area contributed by atoms with Gasteiger partial charge in [-0.25, -0.2) is 4.79 Å². The highest BCUT2D eigenvalue weighted by Gasteiger charge is 2.62. The zero-order valence-corrected chi connectivity index (χ0v) is 14.1. The third-order valence-electron chi connectivity index (χ3n) is 5.93. The van der Waals surface area contributed by atoms with Crippen LogP contribution in [0.3, 0.4) is 0 Å². The van der Waals surface area contributed by atoms with Gasteiger partial charge < -0.3 is 19.7 Å². The number of aliphatic hydroxyl groups is 2. The van der Waals surface area contributed by atoms with Crippen LogP contribution in [0.25, 0.3) is 0 Å². The van der Waals surface area contributed by atoms with Crippen molar-refractivity contribution in [2.45, 2.75) is 50.9 Å². The van der Waals surface area contributed by atoms with E-state index in [1.165, 1.54) is 0 Å². The van der Waals surface area contributed by atoms with Crippen molar-refractivity contribution in [2.24, 2.45) is 23.7 Å². The number of ketones is 2. The average Bonchev–Trinajstić information content (AvgIpc) is 2.85. The van der Waals surface area contributed by atoms with Gasteiger partial charge in [-0.15, -0.1) is 0 Å². The predicted molar refractivity (Wildman–Crippen MR) is 81.0 cm³/mol. The van der Waals surface area contributed by atoms with E-state index < -0.39 is 65.8 Å². The molecule has 0 bridgehead atoms. The lowest BCUT2D eigenvalue weighted by atomic mass is 9.57. The van der Waals surface area contributed by atoms with Crippen molar-refractivity contribution in [2.75, 3.05) is 6.61 Å². The average molecular weight is 354 g/mol. The van der Waals surface area contributed by atoms with E-state index in [9.17, 15) is 24.3 Å².